The number of ketones is 1. The molecule has 4 nitrogen and oxygen atoms in total. The second kappa shape index (κ2) is 5.32. The molecule has 3 aromatic rings. The quantitative estimate of drug-likeness (QED) is 0.691. The Labute approximate surface area is 123 Å². The third-order valence-electron chi connectivity index (χ3n) is 3.22. The molecule has 2 aromatic heterocycles. The van der Waals surface area contributed by atoms with E-state index in [4.69, 9.17) is 0 Å². The number of carbonyl (C=O) groups is 1. The molecule has 21 heavy (non-hydrogen) atoms. The third kappa shape index (κ3) is 2.60. The topological polar surface area (TPSA) is 47.8 Å². The van der Waals surface area contributed by atoms with Crippen LogP contribution < -0.4 is 0 Å². The average Bonchev–Trinajstić information content (AvgIpc) is 2.95. The maximum atomic E-state index is 12.7. The monoisotopic (exact) mass is 277 g/mol. The number of nitrogens with zero attached hydrogens (tertiary/aromatic N) is 3. The molecule has 104 valence electrons. The predicted molar refractivity (Wildman–Crippen MR) is 80.7 cm³/mol. The summed E-state index contributed by atoms with van der Waals surface area (Å²) >= 11 is 0. The molecule has 0 aliphatic rings. The molecule has 1 aromatic carbocycles. The Balaban J connectivity index is 2.06. The summed E-state index contributed by atoms with van der Waals surface area (Å²) in [5, 5.41) is 4.26. The molecule has 0 bridgehead atoms. The van der Waals surface area contributed by atoms with Crippen LogP contribution in [-0.2, 0) is 0 Å². The van der Waals surface area contributed by atoms with Gasteiger partial charge in [0.1, 0.15) is 5.69 Å². The second-order valence-electron chi connectivity index (χ2n) is 4.93. The summed E-state index contributed by atoms with van der Waals surface area (Å²) in [6.45, 7) is 3.77. The zero-order valence-corrected chi connectivity index (χ0v) is 11.9. The summed E-state index contributed by atoms with van der Waals surface area (Å²) < 4.78 is 1.66. The molecule has 0 spiro atoms. The van der Waals surface area contributed by atoms with Crippen LogP contribution in [-0.4, -0.2) is 20.5 Å². The van der Waals surface area contributed by atoms with Gasteiger partial charge in [-0.1, -0.05) is 18.2 Å². The molecule has 0 N–H and O–H groups in total. The fraction of sp³-hybridized carbons (Fsp3) is 0.118. The fourth-order valence-electron chi connectivity index (χ4n) is 2.36. The van der Waals surface area contributed by atoms with Crippen LogP contribution >= 0.6 is 0 Å². The lowest BCUT2D eigenvalue weighted by Gasteiger charge is -2.07. The zero-order valence-electron chi connectivity index (χ0n) is 11.9. The number of rotatable bonds is 3. The van der Waals surface area contributed by atoms with Crippen molar-refractivity contribution in [2.45, 2.75) is 13.8 Å². The van der Waals surface area contributed by atoms with Gasteiger partial charge in [-0.15, -0.1) is 0 Å². The minimum absolute atomic E-state index is 0.0510. The van der Waals surface area contributed by atoms with E-state index in [-0.39, 0.29) is 5.78 Å². The van der Waals surface area contributed by atoms with Crippen LogP contribution in [0.5, 0.6) is 0 Å². The molecule has 2 heterocycles. The third-order valence-corrected chi connectivity index (χ3v) is 3.22. The van der Waals surface area contributed by atoms with E-state index in [1.807, 2.05) is 44.2 Å². The van der Waals surface area contributed by atoms with Gasteiger partial charge in [-0.3, -0.25) is 9.78 Å². The van der Waals surface area contributed by atoms with Crippen molar-refractivity contribution in [1.82, 2.24) is 14.8 Å². The summed E-state index contributed by atoms with van der Waals surface area (Å²) in [7, 11) is 0. The molecule has 0 aliphatic carbocycles. The Hall–Kier alpha value is -2.75. The van der Waals surface area contributed by atoms with Crippen LogP contribution in [0.25, 0.3) is 5.69 Å². The standard InChI is InChI=1S/C17H15N3O/c1-12-10-14(11-13(2)19-12)17(21)16-8-9-18-20(16)15-6-4-3-5-7-15/h3-11H,1-2H3. The lowest BCUT2D eigenvalue weighted by Crippen LogP contribution is -2.10. The Kier molecular flexibility index (Phi) is 3.36. The molecule has 0 radical (unpaired) electrons. The van der Waals surface area contributed by atoms with Gasteiger partial charge in [0.25, 0.3) is 0 Å². The van der Waals surface area contributed by atoms with E-state index < -0.39 is 0 Å². The van der Waals surface area contributed by atoms with Gasteiger partial charge in [0.05, 0.1) is 11.9 Å². The van der Waals surface area contributed by atoms with Crippen molar-refractivity contribution in [3.8, 4) is 5.69 Å². The molecular weight excluding hydrogens is 262 g/mol. The van der Waals surface area contributed by atoms with E-state index >= 15 is 0 Å². The van der Waals surface area contributed by atoms with Gasteiger partial charge < -0.3 is 0 Å². The Morgan fingerprint density at radius 3 is 2.33 bits per heavy atom. The van der Waals surface area contributed by atoms with Crippen LogP contribution in [0, 0.1) is 13.8 Å². The van der Waals surface area contributed by atoms with Gasteiger partial charge in [-0.25, -0.2) is 4.68 Å². The molecular formula is C17H15N3O. The van der Waals surface area contributed by atoms with Gasteiger partial charge in [-0.2, -0.15) is 5.10 Å². The van der Waals surface area contributed by atoms with Crippen molar-refractivity contribution < 1.29 is 4.79 Å². The Morgan fingerprint density at radius 1 is 1.00 bits per heavy atom. The van der Waals surface area contributed by atoms with Crippen molar-refractivity contribution in [1.29, 1.82) is 0 Å². The number of aromatic nitrogens is 3. The van der Waals surface area contributed by atoms with Crippen LogP contribution in [0.2, 0.25) is 0 Å². The Bertz CT molecular complexity index is 771. The number of hydrogen-bond acceptors (Lipinski definition) is 3. The normalized spacial score (nSPS) is 10.6. The van der Waals surface area contributed by atoms with Crippen LogP contribution in [0.15, 0.2) is 54.7 Å². The van der Waals surface area contributed by atoms with Gasteiger partial charge in [0.2, 0.25) is 5.78 Å². The van der Waals surface area contributed by atoms with E-state index in [1.165, 1.54) is 0 Å². The molecule has 0 aliphatic heterocycles. The molecule has 0 amide bonds. The van der Waals surface area contributed by atoms with Crippen LogP contribution in [0.3, 0.4) is 0 Å². The first kappa shape index (κ1) is 13.2. The average molecular weight is 277 g/mol. The first-order chi connectivity index (χ1) is 10.1. The molecule has 0 unspecified atom stereocenters. The number of aryl methyl sites for hydroxylation is 2. The summed E-state index contributed by atoms with van der Waals surface area (Å²) in [6.07, 6.45) is 1.64. The largest absolute Gasteiger partial charge is 0.287 e. The molecule has 4 heteroatoms. The summed E-state index contributed by atoms with van der Waals surface area (Å²) in [5.41, 5.74) is 3.73. The lowest BCUT2D eigenvalue weighted by molar-refractivity contribution is 0.103. The van der Waals surface area contributed by atoms with Gasteiger partial charge in [-0.05, 0) is 44.2 Å². The van der Waals surface area contributed by atoms with E-state index in [0.717, 1.165) is 17.1 Å². The lowest BCUT2D eigenvalue weighted by atomic mass is 10.1. The first-order valence-corrected chi connectivity index (χ1v) is 6.74. The summed E-state index contributed by atoms with van der Waals surface area (Å²) in [4.78, 5) is 17.0. The molecule has 0 atom stereocenters. The van der Waals surface area contributed by atoms with E-state index in [1.54, 1.807) is 29.1 Å². The fourth-order valence-corrected chi connectivity index (χ4v) is 2.36. The van der Waals surface area contributed by atoms with Crippen LogP contribution in [0.4, 0.5) is 0 Å². The minimum Gasteiger partial charge on any atom is -0.287 e. The summed E-state index contributed by atoms with van der Waals surface area (Å²) in [5.74, 6) is -0.0510. The molecule has 0 saturated carbocycles. The van der Waals surface area contributed by atoms with E-state index in [2.05, 4.69) is 10.1 Å². The highest BCUT2D eigenvalue weighted by molar-refractivity contribution is 6.08. The van der Waals surface area contributed by atoms with Crippen molar-refractivity contribution >= 4 is 5.78 Å². The summed E-state index contributed by atoms with van der Waals surface area (Å²) in [6, 6.07) is 15.0. The number of para-hydroxylation sites is 1. The van der Waals surface area contributed by atoms with Gasteiger partial charge in [0, 0.05) is 17.0 Å². The van der Waals surface area contributed by atoms with Crippen molar-refractivity contribution in [2.24, 2.45) is 0 Å². The highest BCUT2D eigenvalue weighted by Crippen LogP contribution is 2.15. The van der Waals surface area contributed by atoms with Crippen LogP contribution in [0.1, 0.15) is 27.4 Å². The molecule has 0 saturated heterocycles. The van der Waals surface area contributed by atoms with Gasteiger partial charge in [0.15, 0.2) is 0 Å². The maximum Gasteiger partial charge on any atom is 0.211 e. The van der Waals surface area contributed by atoms with Crippen molar-refractivity contribution in [3.05, 3.63) is 77.4 Å². The van der Waals surface area contributed by atoms with E-state index in [0.29, 0.717) is 11.3 Å². The second-order valence-corrected chi connectivity index (χ2v) is 4.93. The Morgan fingerprint density at radius 2 is 1.67 bits per heavy atom. The number of benzene rings is 1. The molecule has 0 fully saturated rings. The highest BCUT2D eigenvalue weighted by atomic mass is 16.1. The van der Waals surface area contributed by atoms with E-state index in [9.17, 15) is 4.79 Å². The highest BCUT2D eigenvalue weighted by Gasteiger charge is 2.16. The zero-order chi connectivity index (χ0) is 14.8. The predicted octanol–water partition coefficient (Wildman–Crippen LogP) is 3.12. The molecule has 3 rings (SSSR count). The number of pyridine rings is 1. The number of carbonyl (C=O) groups excluding carboxylic acids is 1. The first-order valence-electron chi connectivity index (χ1n) is 6.74. The minimum atomic E-state index is -0.0510. The SMILES string of the molecule is Cc1cc(C(=O)c2ccnn2-c2ccccc2)cc(C)n1. The smallest absolute Gasteiger partial charge is 0.211 e. The maximum absolute atomic E-state index is 12.7. The van der Waals surface area contributed by atoms with Crippen molar-refractivity contribution in [3.63, 3.8) is 0 Å². The van der Waals surface area contributed by atoms with Crippen molar-refractivity contribution in [2.75, 3.05) is 0 Å². The number of hydrogen-bond donors (Lipinski definition) is 0. The van der Waals surface area contributed by atoms with Gasteiger partial charge >= 0.3 is 0 Å².